The number of likely N-dealkylation sites (N-methyl/N-ethyl adjacent to an activating group) is 1. The lowest BCUT2D eigenvalue weighted by Gasteiger charge is -2.33. The molecule has 0 atom stereocenters. The van der Waals surface area contributed by atoms with Gasteiger partial charge in [0.05, 0.1) is 5.52 Å². The molecule has 0 radical (unpaired) electrons. The number of rotatable bonds is 1. The average molecular weight is 304 g/mol. The molecule has 8 heteroatoms. The molecule has 1 fully saturated rings. The second kappa shape index (κ2) is 4.84. The molecule has 0 bridgehead atoms. The summed E-state index contributed by atoms with van der Waals surface area (Å²) in [4.78, 5) is 13.0. The van der Waals surface area contributed by atoms with Crippen LogP contribution in [-0.4, -0.2) is 57.7 Å². The molecule has 3 heterocycles. The first-order valence-corrected chi connectivity index (χ1v) is 7.05. The van der Waals surface area contributed by atoms with Crippen molar-refractivity contribution in [3.63, 3.8) is 0 Å². The van der Waals surface area contributed by atoms with Gasteiger partial charge in [0, 0.05) is 37.6 Å². The maximum Gasteiger partial charge on any atom is 0.229 e. The van der Waals surface area contributed by atoms with Crippen LogP contribution in [0.4, 0.5) is 14.7 Å². The Kier molecular flexibility index (Phi) is 2.93. The molecule has 0 aliphatic carbocycles. The van der Waals surface area contributed by atoms with Crippen LogP contribution in [0.2, 0.25) is 0 Å². The fourth-order valence-corrected chi connectivity index (χ4v) is 2.75. The Morgan fingerprint density at radius 1 is 1.05 bits per heavy atom. The van der Waals surface area contributed by atoms with E-state index in [-0.39, 0.29) is 0 Å². The SMILES string of the molecule is CN1CCN(c2nc3cc(F)c(F)cc3c3ncnn23)CC1. The van der Waals surface area contributed by atoms with E-state index >= 15 is 0 Å². The Balaban J connectivity index is 1.93. The van der Waals surface area contributed by atoms with Crippen LogP contribution >= 0.6 is 0 Å². The molecule has 22 heavy (non-hydrogen) atoms. The summed E-state index contributed by atoms with van der Waals surface area (Å²) >= 11 is 0. The zero-order valence-electron chi connectivity index (χ0n) is 12.0. The van der Waals surface area contributed by atoms with Crippen LogP contribution in [0.5, 0.6) is 0 Å². The number of anilines is 1. The molecule has 0 N–H and O–H groups in total. The summed E-state index contributed by atoms with van der Waals surface area (Å²) in [5, 5.41) is 4.64. The topological polar surface area (TPSA) is 49.6 Å². The van der Waals surface area contributed by atoms with E-state index in [2.05, 4.69) is 31.9 Å². The summed E-state index contributed by atoms with van der Waals surface area (Å²) in [5.41, 5.74) is 0.867. The van der Waals surface area contributed by atoms with Crippen LogP contribution in [0.15, 0.2) is 18.5 Å². The molecule has 0 saturated carbocycles. The summed E-state index contributed by atoms with van der Waals surface area (Å²) < 4.78 is 28.6. The molecule has 1 aliphatic rings. The van der Waals surface area contributed by atoms with Crippen LogP contribution in [-0.2, 0) is 0 Å². The third-order valence-electron chi connectivity index (χ3n) is 4.02. The van der Waals surface area contributed by atoms with E-state index in [1.165, 1.54) is 6.33 Å². The highest BCUT2D eigenvalue weighted by atomic mass is 19.2. The second-order valence-electron chi connectivity index (χ2n) is 5.48. The summed E-state index contributed by atoms with van der Waals surface area (Å²) in [6.45, 7) is 3.42. The van der Waals surface area contributed by atoms with E-state index in [1.807, 2.05) is 0 Å². The van der Waals surface area contributed by atoms with Crippen molar-refractivity contribution >= 4 is 22.5 Å². The molecular weight excluding hydrogens is 290 g/mol. The van der Waals surface area contributed by atoms with Gasteiger partial charge >= 0.3 is 0 Å². The van der Waals surface area contributed by atoms with E-state index in [9.17, 15) is 8.78 Å². The van der Waals surface area contributed by atoms with Crippen molar-refractivity contribution in [3.05, 3.63) is 30.1 Å². The van der Waals surface area contributed by atoms with Gasteiger partial charge in [-0.25, -0.2) is 18.7 Å². The van der Waals surface area contributed by atoms with Gasteiger partial charge in [-0.1, -0.05) is 0 Å². The van der Waals surface area contributed by atoms with Gasteiger partial charge in [0.1, 0.15) is 6.33 Å². The number of aromatic nitrogens is 4. The molecule has 4 rings (SSSR count). The number of halogens is 2. The van der Waals surface area contributed by atoms with Gasteiger partial charge in [0.25, 0.3) is 0 Å². The van der Waals surface area contributed by atoms with Gasteiger partial charge in [0.2, 0.25) is 5.95 Å². The highest BCUT2D eigenvalue weighted by Crippen LogP contribution is 2.24. The van der Waals surface area contributed by atoms with Crippen molar-refractivity contribution in [1.29, 1.82) is 0 Å². The molecule has 3 aromatic rings. The van der Waals surface area contributed by atoms with Crippen LogP contribution in [0, 0.1) is 11.6 Å². The first kappa shape index (κ1) is 13.3. The molecule has 1 saturated heterocycles. The normalized spacial score (nSPS) is 16.8. The molecule has 0 spiro atoms. The lowest BCUT2D eigenvalue weighted by Crippen LogP contribution is -2.45. The summed E-state index contributed by atoms with van der Waals surface area (Å²) in [5.74, 6) is -1.21. The zero-order chi connectivity index (χ0) is 15.3. The largest absolute Gasteiger partial charge is 0.338 e. The fraction of sp³-hybridized carbons (Fsp3) is 0.357. The Labute approximate surface area is 125 Å². The third kappa shape index (κ3) is 1.98. The quantitative estimate of drug-likeness (QED) is 0.678. The van der Waals surface area contributed by atoms with Crippen molar-refractivity contribution in [3.8, 4) is 0 Å². The maximum absolute atomic E-state index is 13.5. The Morgan fingerprint density at radius 2 is 1.77 bits per heavy atom. The first-order chi connectivity index (χ1) is 10.6. The minimum absolute atomic E-state index is 0.383. The Morgan fingerprint density at radius 3 is 2.55 bits per heavy atom. The summed E-state index contributed by atoms with van der Waals surface area (Å²) in [6.07, 6.45) is 1.40. The third-order valence-corrected chi connectivity index (χ3v) is 4.02. The van der Waals surface area contributed by atoms with E-state index in [0.29, 0.717) is 22.5 Å². The second-order valence-corrected chi connectivity index (χ2v) is 5.48. The fourth-order valence-electron chi connectivity index (χ4n) is 2.75. The van der Waals surface area contributed by atoms with E-state index in [4.69, 9.17) is 0 Å². The van der Waals surface area contributed by atoms with Gasteiger partial charge in [0.15, 0.2) is 17.3 Å². The summed E-state index contributed by atoms with van der Waals surface area (Å²) in [7, 11) is 2.06. The number of fused-ring (bicyclic) bond motifs is 3. The molecule has 6 nitrogen and oxygen atoms in total. The minimum atomic E-state index is -0.911. The Bertz CT molecular complexity index is 853. The van der Waals surface area contributed by atoms with Crippen molar-refractivity contribution < 1.29 is 8.78 Å². The molecule has 2 aromatic heterocycles. The van der Waals surface area contributed by atoms with Crippen LogP contribution < -0.4 is 4.90 Å². The summed E-state index contributed by atoms with van der Waals surface area (Å²) in [6, 6.07) is 2.23. The predicted molar refractivity (Wildman–Crippen MR) is 77.9 cm³/mol. The molecule has 114 valence electrons. The number of benzene rings is 1. The van der Waals surface area contributed by atoms with Crippen LogP contribution in [0.1, 0.15) is 0 Å². The number of piperazine rings is 1. The van der Waals surface area contributed by atoms with Crippen molar-refractivity contribution in [2.24, 2.45) is 0 Å². The van der Waals surface area contributed by atoms with Crippen molar-refractivity contribution in [2.75, 3.05) is 38.1 Å². The van der Waals surface area contributed by atoms with Crippen LogP contribution in [0.25, 0.3) is 16.6 Å². The van der Waals surface area contributed by atoms with E-state index in [1.54, 1.807) is 4.52 Å². The van der Waals surface area contributed by atoms with Gasteiger partial charge in [-0.05, 0) is 13.1 Å². The van der Waals surface area contributed by atoms with E-state index < -0.39 is 11.6 Å². The van der Waals surface area contributed by atoms with Gasteiger partial charge in [-0.3, -0.25) is 0 Å². The lowest BCUT2D eigenvalue weighted by molar-refractivity contribution is 0.310. The van der Waals surface area contributed by atoms with Gasteiger partial charge < -0.3 is 9.80 Å². The minimum Gasteiger partial charge on any atom is -0.338 e. The highest BCUT2D eigenvalue weighted by Gasteiger charge is 2.21. The first-order valence-electron chi connectivity index (χ1n) is 7.05. The number of hydrogen-bond donors (Lipinski definition) is 0. The Hall–Kier alpha value is -2.35. The maximum atomic E-state index is 13.5. The van der Waals surface area contributed by atoms with E-state index in [0.717, 1.165) is 38.3 Å². The molecule has 1 aromatic carbocycles. The molecule has 0 unspecified atom stereocenters. The molecule has 0 amide bonds. The molecule has 1 aliphatic heterocycles. The zero-order valence-corrected chi connectivity index (χ0v) is 12.0. The monoisotopic (exact) mass is 304 g/mol. The number of hydrogen-bond acceptors (Lipinski definition) is 5. The predicted octanol–water partition coefficient (Wildman–Crippen LogP) is 1.31. The standard InChI is InChI=1S/C14H14F2N6/c1-20-2-4-21(5-3-20)14-19-12-7-11(16)10(15)6-9(12)13-17-8-18-22(13)14/h6-8H,2-5H2,1H3. The lowest BCUT2D eigenvalue weighted by atomic mass is 10.2. The average Bonchev–Trinajstić information content (AvgIpc) is 2.99. The number of nitrogens with zero attached hydrogens (tertiary/aromatic N) is 6. The van der Waals surface area contributed by atoms with Crippen molar-refractivity contribution in [1.82, 2.24) is 24.5 Å². The highest BCUT2D eigenvalue weighted by molar-refractivity contribution is 5.92. The van der Waals surface area contributed by atoms with Crippen molar-refractivity contribution in [2.45, 2.75) is 0 Å². The van der Waals surface area contributed by atoms with Crippen LogP contribution in [0.3, 0.4) is 0 Å². The molecular formula is C14H14F2N6. The van der Waals surface area contributed by atoms with Gasteiger partial charge in [-0.15, -0.1) is 0 Å². The van der Waals surface area contributed by atoms with Gasteiger partial charge in [-0.2, -0.15) is 9.61 Å². The smallest absolute Gasteiger partial charge is 0.229 e.